The number of rotatable bonds is 6. The number of alkyl halides is 3. The molecule has 8 heteroatoms. The number of hydrogen-bond acceptors (Lipinski definition) is 3. The van der Waals surface area contributed by atoms with Crippen molar-refractivity contribution in [2.75, 3.05) is 0 Å². The predicted molar refractivity (Wildman–Crippen MR) is 126 cm³/mol. The summed E-state index contributed by atoms with van der Waals surface area (Å²) in [6.45, 7) is 0. The number of halogens is 3. The topological polar surface area (TPSA) is 71.3 Å². The molecule has 0 unspecified atom stereocenters. The molecule has 0 bridgehead atoms. The highest BCUT2D eigenvalue weighted by Gasteiger charge is 2.30. The van der Waals surface area contributed by atoms with Crippen LogP contribution in [0.4, 0.5) is 13.2 Å². The summed E-state index contributed by atoms with van der Waals surface area (Å²) in [5.41, 5.74) is -0.158. The van der Waals surface area contributed by atoms with Crippen LogP contribution in [0, 0.1) is 0 Å². The average Bonchev–Trinajstić information content (AvgIpc) is 3.33. The van der Waals surface area contributed by atoms with Crippen LogP contribution in [0.3, 0.4) is 0 Å². The molecule has 0 saturated heterocycles. The minimum Gasteiger partial charge on any atom is -0.457 e. The molecule has 2 amide bonds. The third kappa shape index (κ3) is 6.41. The van der Waals surface area contributed by atoms with Gasteiger partial charge in [-0.2, -0.15) is 13.2 Å². The van der Waals surface area contributed by atoms with Gasteiger partial charge in [0.05, 0.1) is 5.56 Å². The Labute approximate surface area is 201 Å². The summed E-state index contributed by atoms with van der Waals surface area (Å²) in [6.07, 6.45) is 1.83. The summed E-state index contributed by atoms with van der Waals surface area (Å²) < 4.78 is 45.0. The van der Waals surface area contributed by atoms with Crippen LogP contribution in [0.1, 0.15) is 53.8 Å². The van der Waals surface area contributed by atoms with Gasteiger partial charge in [-0.05, 0) is 49.2 Å². The molecular formula is C27H25F3N2O3. The van der Waals surface area contributed by atoms with E-state index >= 15 is 0 Å². The van der Waals surface area contributed by atoms with E-state index < -0.39 is 23.6 Å². The molecular weight excluding hydrogens is 457 g/mol. The van der Waals surface area contributed by atoms with Crippen LogP contribution in [0.5, 0.6) is 0 Å². The van der Waals surface area contributed by atoms with Crippen molar-refractivity contribution < 1.29 is 27.2 Å². The van der Waals surface area contributed by atoms with Crippen molar-refractivity contribution in [1.29, 1.82) is 0 Å². The highest BCUT2D eigenvalue weighted by atomic mass is 19.4. The molecule has 0 spiro atoms. The molecule has 1 aromatic heterocycles. The standard InChI is InChI=1S/C27H25F3N2O3/c28-27(29,30)20-11-7-10-19(16-20)24-15-14-22(35-24)17-23(26(34)31-21-12-5-2-6-13-21)32-25(33)18-8-3-1-4-9-18/h1,3-4,7-11,14-17,21H,2,5-6,12-13H2,(H,31,34)(H,32,33)/b23-17-. The highest BCUT2D eigenvalue weighted by Crippen LogP contribution is 2.33. The minimum atomic E-state index is -4.47. The predicted octanol–water partition coefficient (Wildman–Crippen LogP) is 6.19. The van der Waals surface area contributed by atoms with E-state index in [9.17, 15) is 22.8 Å². The summed E-state index contributed by atoms with van der Waals surface area (Å²) in [5.74, 6) is -0.471. The van der Waals surface area contributed by atoms with Crippen molar-refractivity contribution in [3.05, 3.63) is 89.3 Å². The van der Waals surface area contributed by atoms with Crippen molar-refractivity contribution in [2.24, 2.45) is 0 Å². The van der Waals surface area contributed by atoms with E-state index in [1.54, 1.807) is 30.3 Å². The van der Waals surface area contributed by atoms with Crippen LogP contribution in [-0.2, 0) is 11.0 Å². The van der Waals surface area contributed by atoms with E-state index in [-0.39, 0.29) is 28.8 Å². The van der Waals surface area contributed by atoms with Crippen LogP contribution >= 0.6 is 0 Å². The lowest BCUT2D eigenvalue weighted by Gasteiger charge is -2.23. The van der Waals surface area contributed by atoms with Gasteiger partial charge in [0, 0.05) is 23.2 Å². The second-order valence-corrected chi connectivity index (χ2v) is 8.47. The van der Waals surface area contributed by atoms with Crippen molar-refractivity contribution >= 4 is 17.9 Å². The van der Waals surface area contributed by atoms with Crippen molar-refractivity contribution in [2.45, 2.75) is 44.3 Å². The Balaban J connectivity index is 1.59. The number of carbonyl (C=O) groups is 2. The van der Waals surface area contributed by atoms with E-state index in [0.29, 0.717) is 5.56 Å². The smallest absolute Gasteiger partial charge is 0.416 e. The number of furan rings is 1. The first kappa shape index (κ1) is 24.3. The van der Waals surface area contributed by atoms with Crippen LogP contribution in [-0.4, -0.2) is 17.9 Å². The quantitative estimate of drug-likeness (QED) is 0.412. The van der Waals surface area contributed by atoms with Gasteiger partial charge in [0.2, 0.25) is 0 Å². The maximum Gasteiger partial charge on any atom is 0.416 e. The van der Waals surface area contributed by atoms with Crippen LogP contribution in [0.2, 0.25) is 0 Å². The average molecular weight is 483 g/mol. The Kier molecular flexibility index (Phi) is 7.39. The molecule has 3 aromatic rings. The van der Waals surface area contributed by atoms with Crippen LogP contribution < -0.4 is 10.6 Å². The Morgan fingerprint density at radius 3 is 2.37 bits per heavy atom. The van der Waals surface area contributed by atoms with Gasteiger partial charge in [-0.25, -0.2) is 0 Å². The van der Waals surface area contributed by atoms with Gasteiger partial charge in [-0.3, -0.25) is 9.59 Å². The van der Waals surface area contributed by atoms with Gasteiger partial charge < -0.3 is 15.1 Å². The monoisotopic (exact) mass is 482 g/mol. The Morgan fingerprint density at radius 2 is 1.66 bits per heavy atom. The summed E-state index contributed by atoms with van der Waals surface area (Å²) in [7, 11) is 0. The largest absolute Gasteiger partial charge is 0.457 e. The molecule has 1 aliphatic carbocycles. The summed E-state index contributed by atoms with van der Waals surface area (Å²) >= 11 is 0. The molecule has 0 atom stereocenters. The summed E-state index contributed by atoms with van der Waals surface area (Å²) in [5, 5.41) is 5.62. The molecule has 5 nitrogen and oxygen atoms in total. The zero-order valence-electron chi connectivity index (χ0n) is 18.9. The van der Waals surface area contributed by atoms with Crippen LogP contribution in [0.15, 0.2) is 76.8 Å². The lowest BCUT2D eigenvalue weighted by molar-refractivity contribution is -0.137. The zero-order chi connectivity index (χ0) is 24.8. The fourth-order valence-electron chi connectivity index (χ4n) is 4.03. The van der Waals surface area contributed by atoms with E-state index in [1.807, 2.05) is 0 Å². The molecule has 2 aromatic carbocycles. The maximum absolute atomic E-state index is 13.1. The number of nitrogens with one attached hydrogen (secondary N) is 2. The lowest BCUT2D eigenvalue weighted by Crippen LogP contribution is -2.41. The number of hydrogen-bond donors (Lipinski definition) is 2. The first-order valence-electron chi connectivity index (χ1n) is 11.5. The zero-order valence-corrected chi connectivity index (χ0v) is 18.9. The SMILES string of the molecule is O=C(NC1CCCCC1)/C(=C/c1ccc(-c2cccc(C(F)(F)F)c2)o1)NC(=O)c1ccccc1. The number of amides is 2. The number of carbonyl (C=O) groups excluding carboxylic acids is 2. The van der Waals surface area contributed by atoms with Gasteiger partial charge in [0.25, 0.3) is 11.8 Å². The van der Waals surface area contributed by atoms with E-state index in [4.69, 9.17) is 4.42 Å². The molecule has 2 N–H and O–H groups in total. The fourth-order valence-corrected chi connectivity index (χ4v) is 4.03. The maximum atomic E-state index is 13.1. The molecule has 182 valence electrons. The van der Waals surface area contributed by atoms with Crippen molar-refractivity contribution in [3.63, 3.8) is 0 Å². The fraction of sp³-hybridized carbons (Fsp3) is 0.259. The molecule has 1 heterocycles. The van der Waals surface area contributed by atoms with Gasteiger partial charge in [0.1, 0.15) is 17.2 Å². The van der Waals surface area contributed by atoms with Crippen molar-refractivity contribution in [1.82, 2.24) is 10.6 Å². The first-order valence-corrected chi connectivity index (χ1v) is 11.5. The Hall–Kier alpha value is -3.81. The van der Waals surface area contributed by atoms with Gasteiger partial charge >= 0.3 is 6.18 Å². The molecule has 35 heavy (non-hydrogen) atoms. The van der Waals surface area contributed by atoms with Gasteiger partial charge in [-0.1, -0.05) is 49.6 Å². The highest BCUT2D eigenvalue weighted by molar-refractivity contribution is 6.05. The molecule has 1 fully saturated rings. The Bertz CT molecular complexity index is 1210. The van der Waals surface area contributed by atoms with E-state index in [1.165, 1.54) is 30.3 Å². The lowest BCUT2D eigenvalue weighted by atomic mass is 9.95. The first-order chi connectivity index (χ1) is 16.8. The minimum absolute atomic E-state index is 0.00521. The van der Waals surface area contributed by atoms with Gasteiger partial charge in [-0.15, -0.1) is 0 Å². The summed E-state index contributed by atoms with van der Waals surface area (Å²) in [4.78, 5) is 25.8. The number of benzene rings is 2. The molecule has 1 saturated carbocycles. The second kappa shape index (κ2) is 10.6. The van der Waals surface area contributed by atoms with Crippen LogP contribution in [0.25, 0.3) is 17.4 Å². The molecule has 1 aliphatic rings. The molecule has 0 aliphatic heterocycles. The van der Waals surface area contributed by atoms with Gasteiger partial charge in [0.15, 0.2) is 0 Å². The molecule has 4 rings (SSSR count). The van der Waals surface area contributed by atoms with E-state index in [0.717, 1.165) is 44.2 Å². The Morgan fingerprint density at radius 1 is 0.914 bits per heavy atom. The van der Waals surface area contributed by atoms with Crippen molar-refractivity contribution in [3.8, 4) is 11.3 Å². The third-order valence-electron chi connectivity index (χ3n) is 5.86. The summed E-state index contributed by atoms with van der Waals surface area (Å²) in [6, 6.07) is 16.4. The normalized spacial score (nSPS) is 15.0. The molecule has 0 radical (unpaired) electrons. The van der Waals surface area contributed by atoms with E-state index in [2.05, 4.69) is 10.6 Å². The second-order valence-electron chi connectivity index (χ2n) is 8.47. The third-order valence-corrected chi connectivity index (χ3v) is 5.86.